The van der Waals surface area contributed by atoms with E-state index in [1.807, 2.05) is 6.92 Å². The summed E-state index contributed by atoms with van der Waals surface area (Å²) in [6.45, 7) is 6.55. The molecule has 1 atom stereocenters. The molecule has 7 heteroatoms. The minimum Gasteiger partial charge on any atom is -0.352 e. The molecule has 0 aliphatic rings. The summed E-state index contributed by atoms with van der Waals surface area (Å²) < 4.78 is 0. The molecule has 1 unspecified atom stereocenters. The predicted molar refractivity (Wildman–Crippen MR) is 93.9 cm³/mol. The van der Waals surface area contributed by atoms with Gasteiger partial charge < -0.3 is 11.1 Å². The maximum absolute atomic E-state index is 12.0. The molecule has 128 valence electrons. The fraction of sp³-hybridized carbons (Fsp3) is 0.562. The summed E-state index contributed by atoms with van der Waals surface area (Å²) >= 11 is 1.46. The first-order valence-corrected chi connectivity index (χ1v) is 8.74. The van der Waals surface area contributed by atoms with Crippen LogP contribution in [0.5, 0.6) is 0 Å². The molecule has 0 saturated heterocycles. The van der Waals surface area contributed by atoms with Gasteiger partial charge in [-0.25, -0.2) is 0 Å². The molecule has 0 aliphatic carbocycles. The standard InChI is InChI=1S/C16H25N3O3S/c1-11(2)7-9-23-15-5-4-13(10-14(15)19(21)22)16(20)18-8-6-12(3)17/h4-5,10-12H,6-9,17H2,1-3H3,(H,18,20). The van der Waals surface area contributed by atoms with E-state index in [0.717, 1.165) is 12.2 Å². The third-order valence-corrected chi connectivity index (χ3v) is 4.35. The van der Waals surface area contributed by atoms with Crippen LogP contribution >= 0.6 is 11.8 Å². The Morgan fingerprint density at radius 1 is 1.35 bits per heavy atom. The average Bonchev–Trinajstić information content (AvgIpc) is 2.46. The molecule has 0 radical (unpaired) electrons. The highest BCUT2D eigenvalue weighted by molar-refractivity contribution is 7.99. The molecule has 1 amide bonds. The van der Waals surface area contributed by atoms with Crippen molar-refractivity contribution in [1.82, 2.24) is 5.32 Å². The van der Waals surface area contributed by atoms with Crippen molar-refractivity contribution in [1.29, 1.82) is 0 Å². The fourth-order valence-electron chi connectivity index (χ4n) is 1.84. The van der Waals surface area contributed by atoms with Gasteiger partial charge in [-0.05, 0) is 43.6 Å². The van der Waals surface area contributed by atoms with Crippen LogP contribution in [-0.2, 0) is 0 Å². The van der Waals surface area contributed by atoms with E-state index < -0.39 is 4.92 Å². The minimum atomic E-state index is -0.434. The Labute approximate surface area is 141 Å². The number of hydrogen-bond acceptors (Lipinski definition) is 5. The monoisotopic (exact) mass is 339 g/mol. The van der Waals surface area contributed by atoms with Crippen molar-refractivity contribution < 1.29 is 9.72 Å². The topological polar surface area (TPSA) is 98.3 Å². The van der Waals surface area contributed by atoms with Gasteiger partial charge in [-0.1, -0.05) is 13.8 Å². The van der Waals surface area contributed by atoms with Crippen molar-refractivity contribution in [2.75, 3.05) is 12.3 Å². The Morgan fingerprint density at radius 2 is 2.04 bits per heavy atom. The number of hydrogen-bond donors (Lipinski definition) is 2. The zero-order chi connectivity index (χ0) is 17.4. The summed E-state index contributed by atoms with van der Waals surface area (Å²) in [5, 5.41) is 14.0. The Morgan fingerprint density at radius 3 is 2.61 bits per heavy atom. The summed E-state index contributed by atoms with van der Waals surface area (Å²) in [6.07, 6.45) is 1.65. The predicted octanol–water partition coefficient (Wildman–Crippen LogP) is 3.20. The Kier molecular flexibility index (Phi) is 8.05. The highest BCUT2D eigenvalue weighted by atomic mass is 32.2. The number of carbonyl (C=O) groups excluding carboxylic acids is 1. The van der Waals surface area contributed by atoms with Crippen molar-refractivity contribution in [2.45, 2.75) is 44.6 Å². The van der Waals surface area contributed by atoms with Gasteiger partial charge in [0.2, 0.25) is 0 Å². The van der Waals surface area contributed by atoms with E-state index in [1.54, 1.807) is 12.1 Å². The molecule has 1 aromatic carbocycles. The zero-order valence-electron chi connectivity index (χ0n) is 13.9. The number of nitro groups is 1. The van der Waals surface area contributed by atoms with E-state index in [4.69, 9.17) is 5.73 Å². The highest BCUT2D eigenvalue weighted by Crippen LogP contribution is 2.31. The number of carbonyl (C=O) groups is 1. The second-order valence-corrected chi connectivity index (χ2v) is 7.13. The molecule has 0 bridgehead atoms. The van der Waals surface area contributed by atoms with Gasteiger partial charge in [0.25, 0.3) is 11.6 Å². The highest BCUT2D eigenvalue weighted by Gasteiger charge is 2.18. The van der Waals surface area contributed by atoms with Gasteiger partial charge in [0.15, 0.2) is 0 Å². The molecule has 0 aliphatic heterocycles. The number of nitrogens with one attached hydrogen (secondary N) is 1. The van der Waals surface area contributed by atoms with Crippen LogP contribution in [0.2, 0.25) is 0 Å². The molecule has 0 heterocycles. The Bertz CT molecular complexity index is 547. The average molecular weight is 339 g/mol. The van der Waals surface area contributed by atoms with Gasteiger partial charge in [-0.15, -0.1) is 11.8 Å². The van der Waals surface area contributed by atoms with Crippen LogP contribution in [0.1, 0.15) is 44.0 Å². The van der Waals surface area contributed by atoms with Crippen molar-refractivity contribution in [3.05, 3.63) is 33.9 Å². The number of nitrogens with two attached hydrogens (primary N) is 1. The lowest BCUT2D eigenvalue weighted by Crippen LogP contribution is -2.28. The van der Waals surface area contributed by atoms with Crippen LogP contribution in [0.4, 0.5) is 5.69 Å². The lowest BCUT2D eigenvalue weighted by molar-refractivity contribution is -0.387. The van der Waals surface area contributed by atoms with Crippen LogP contribution in [0, 0.1) is 16.0 Å². The summed E-state index contributed by atoms with van der Waals surface area (Å²) in [5.74, 6) is 1.06. The van der Waals surface area contributed by atoms with E-state index in [1.165, 1.54) is 17.8 Å². The summed E-state index contributed by atoms with van der Waals surface area (Å²) in [5.41, 5.74) is 5.91. The first-order valence-electron chi connectivity index (χ1n) is 7.76. The summed E-state index contributed by atoms with van der Waals surface area (Å²) in [6, 6.07) is 4.64. The molecule has 0 aromatic heterocycles. The second-order valence-electron chi connectivity index (χ2n) is 5.99. The molecule has 3 N–H and O–H groups in total. The molecule has 1 rings (SSSR count). The smallest absolute Gasteiger partial charge is 0.283 e. The largest absolute Gasteiger partial charge is 0.352 e. The lowest BCUT2D eigenvalue weighted by atomic mass is 10.2. The molecule has 6 nitrogen and oxygen atoms in total. The first kappa shape index (κ1) is 19.4. The van der Waals surface area contributed by atoms with Crippen LogP contribution in [0.3, 0.4) is 0 Å². The third kappa shape index (κ3) is 7.00. The van der Waals surface area contributed by atoms with E-state index >= 15 is 0 Å². The number of rotatable bonds is 9. The first-order chi connectivity index (χ1) is 10.8. The number of nitrogens with zero attached hydrogens (tertiary/aromatic N) is 1. The van der Waals surface area contributed by atoms with Gasteiger partial charge in [-0.3, -0.25) is 14.9 Å². The maximum Gasteiger partial charge on any atom is 0.283 e. The molecular weight excluding hydrogens is 314 g/mol. The van der Waals surface area contributed by atoms with Crippen molar-refractivity contribution in [3.63, 3.8) is 0 Å². The van der Waals surface area contributed by atoms with E-state index in [9.17, 15) is 14.9 Å². The normalized spacial score (nSPS) is 12.2. The Balaban J connectivity index is 2.78. The maximum atomic E-state index is 12.0. The van der Waals surface area contributed by atoms with Crippen LogP contribution in [-0.4, -0.2) is 29.2 Å². The van der Waals surface area contributed by atoms with Crippen molar-refractivity contribution in [3.8, 4) is 0 Å². The molecule has 23 heavy (non-hydrogen) atoms. The molecule has 0 spiro atoms. The van der Waals surface area contributed by atoms with Gasteiger partial charge in [0.1, 0.15) is 0 Å². The number of nitro benzene ring substituents is 1. The fourth-order valence-corrected chi connectivity index (χ4v) is 3.10. The van der Waals surface area contributed by atoms with Crippen molar-refractivity contribution >= 4 is 23.4 Å². The van der Waals surface area contributed by atoms with Gasteiger partial charge in [-0.2, -0.15) is 0 Å². The van der Waals surface area contributed by atoms with Crippen LogP contribution in [0.25, 0.3) is 0 Å². The molecular formula is C16H25N3O3S. The third-order valence-electron chi connectivity index (χ3n) is 3.26. The quantitative estimate of drug-likeness (QED) is 0.409. The number of thioether (sulfide) groups is 1. The van der Waals surface area contributed by atoms with Gasteiger partial charge >= 0.3 is 0 Å². The molecule has 1 aromatic rings. The van der Waals surface area contributed by atoms with Gasteiger partial charge in [0, 0.05) is 24.2 Å². The van der Waals surface area contributed by atoms with Crippen LogP contribution in [0.15, 0.2) is 23.1 Å². The van der Waals surface area contributed by atoms with E-state index in [-0.39, 0.29) is 17.6 Å². The van der Waals surface area contributed by atoms with E-state index in [2.05, 4.69) is 19.2 Å². The second kappa shape index (κ2) is 9.52. The number of benzene rings is 1. The lowest BCUT2D eigenvalue weighted by Gasteiger charge is -2.09. The molecule has 0 saturated carbocycles. The summed E-state index contributed by atoms with van der Waals surface area (Å²) in [7, 11) is 0. The SMILES string of the molecule is CC(C)CCSc1ccc(C(=O)NCCC(C)N)cc1[N+](=O)[O-]. The van der Waals surface area contributed by atoms with Crippen molar-refractivity contribution in [2.24, 2.45) is 11.7 Å². The number of amides is 1. The van der Waals surface area contributed by atoms with Crippen LogP contribution < -0.4 is 11.1 Å². The van der Waals surface area contributed by atoms with E-state index in [0.29, 0.717) is 29.3 Å². The summed E-state index contributed by atoms with van der Waals surface area (Å²) in [4.78, 5) is 23.4. The molecule has 0 fully saturated rings. The van der Waals surface area contributed by atoms with Gasteiger partial charge in [0.05, 0.1) is 9.82 Å². The Hall–Kier alpha value is -1.60. The minimum absolute atomic E-state index is 0.00405. The zero-order valence-corrected chi connectivity index (χ0v) is 14.7.